The fourth-order valence-electron chi connectivity index (χ4n) is 1.79. The fourth-order valence-corrected chi connectivity index (χ4v) is 2.58. The van der Waals surface area contributed by atoms with Crippen molar-refractivity contribution in [1.29, 1.82) is 5.41 Å². The Balaban J connectivity index is 1.83. The van der Waals surface area contributed by atoms with Crippen molar-refractivity contribution in [2.24, 2.45) is 11.7 Å². The van der Waals surface area contributed by atoms with E-state index in [4.69, 9.17) is 15.9 Å². The molecule has 1 atom stereocenters. The van der Waals surface area contributed by atoms with Crippen LogP contribution in [-0.4, -0.2) is 25.7 Å². The summed E-state index contributed by atoms with van der Waals surface area (Å²) in [6, 6.07) is 4.75. The van der Waals surface area contributed by atoms with E-state index in [-0.39, 0.29) is 11.6 Å². The number of rotatable bonds is 5. The highest BCUT2D eigenvalue weighted by Gasteiger charge is 2.15. The number of nitrogens with two attached hydrogens (primary N) is 1. The van der Waals surface area contributed by atoms with Crippen LogP contribution in [0.1, 0.15) is 6.42 Å². The lowest BCUT2D eigenvalue weighted by atomic mass is 10.1. The molecular formula is C12H17FN4OS. The summed E-state index contributed by atoms with van der Waals surface area (Å²) in [5.74, 6) is -0.166. The van der Waals surface area contributed by atoms with Crippen molar-refractivity contribution in [2.75, 3.05) is 25.1 Å². The van der Waals surface area contributed by atoms with E-state index >= 15 is 0 Å². The van der Waals surface area contributed by atoms with Gasteiger partial charge in [0.05, 0.1) is 12.3 Å². The van der Waals surface area contributed by atoms with Crippen molar-refractivity contribution in [1.82, 2.24) is 4.72 Å². The third kappa shape index (κ3) is 4.38. The van der Waals surface area contributed by atoms with Gasteiger partial charge in [-0.2, -0.15) is 0 Å². The minimum absolute atomic E-state index is 0.209. The van der Waals surface area contributed by atoms with Crippen LogP contribution in [0.3, 0.4) is 0 Å². The first-order chi connectivity index (χ1) is 9.15. The van der Waals surface area contributed by atoms with Crippen LogP contribution in [0.25, 0.3) is 0 Å². The molecule has 1 aliphatic heterocycles. The summed E-state index contributed by atoms with van der Waals surface area (Å²) in [7, 11) is 0. The van der Waals surface area contributed by atoms with Crippen LogP contribution in [0.4, 0.5) is 10.1 Å². The largest absolute Gasteiger partial charge is 0.381 e. The van der Waals surface area contributed by atoms with Crippen LogP contribution >= 0.6 is 11.9 Å². The Kier molecular flexibility index (Phi) is 5.00. The lowest BCUT2D eigenvalue weighted by Gasteiger charge is -2.10. The number of guanidine groups is 1. The normalized spacial score (nSPS) is 18.5. The minimum Gasteiger partial charge on any atom is -0.381 e. The molecule has 5 N–H and O–H groups in total. The molecule has 1 saturated heterocycles. The molecule has 0 bridgehead atoms. The third-order valence-electron chi connectivity index (χ3n) is 2.80. The molecule has 0 aliphatic carbocycles. The first kappa shape index (κ1) is 14.1. The summed E-state index contributed by atoms with van der Waals surface area (Å²) in [6.45, 7) is 2.47. The summed E-state index contributed by atoms with van der Waals surface area (Å²) >= 11 is 1.39. The summed E-state index contributed by atoms with van der Waals surface area (Å²) in [6.07, 6.45) is 1.07. The van der Waals surface area contributed by atoms with Gasteiger partial charge in [-0.1, -0.05) is 0 Å². The van der Waals surface area contributed by atoms with Crippen LogP contribution in [0.15, 0.2) is 23.1 Å². The Labute approximate surface area is 115 Å². The predicted molar refractivity (Wildman–Crippen MR) is 74.7 cm³/mol. The van der Waals surface area contributed by atoms with Gasteiger partial charge < -0.3 is 15.8 Å². The molecule has 2 rings (SSSR count). The van der Waals surface area contributed by atoms with E-state index < -0.39 is 5.82 Å². The number of ether oxygens (including phenoxy) is 1. The average Bonchev–Trinajstić information content (AvgIpc) is 2.85. The molecule has 1 unspecified atom stereocenters. The standard InChI is InChI=1S/C12H17FN4OS/c13-10-5-9(1-2-11(10)17-12(14)15)19-16-6-8-3-4-18-7-8/h1-2,5,8,16H,3-4,6-7H2,(H4,14,15,17). The van der Waals surface area contributed by atoms with Crippen molar-refractivity contribution in [3.8, 4) is 0 Å². The predicted octanol–water partition coefficient (Wildman–Crippen LogP) is 1.76. The molecule has 5 nitrogen and oxygen atoms in total. The van der Waals surface area contributed by atoms with Crippen molar-refractivity contribution in [3.63, 3.8) is 0 Å². The molecule has 1 aliphatic rings. The van der Waals surface area contributed by atoms with E-state index in [1.807, 2.05) is 0 Å². The summed E-state index contributed by atoms with van der Waals surface area (Å²) < 4.78 is 22.2. The van der Waals surface area contributed by atoms with Crippen molar-refractivity contribution >= 4 is 23.6 Å². The number of halogens is 1. The van der Waals surface area contributed by atoms with Gasteiger partial charge in [0.2, 0.25) is 0 Å². The third-order valence-corrected chi connectivity index (χ3v) is 3.60. The van der Waals surface area contributed by atoms with E-state index in [1.54, 1.807) is 12.1 Å². The molecule has 104 valence electrons. The van der Waals surface area contributed by atoms with E-state index in [0.29, 0.717) is 5.92 Å². The van der Waals surface area contributed by atoms with Gasteiger partial charge in [0.25, 0.3) is 0 Å². The number of benzene rings is 1. The molecule has 0 radical (unpaired) electrons. The number of hydrogen-bond acceptors (Lipinski definition) is 4. The Bertz CT molecular complexity index is 451. The highest BCUT2D eigenvalue weighted by atomic mass is 32.2. The molecule has 0 spiro atoms. The van der Waals surface area contributed by atoms with E-state index in [1.165, 1.54) is 18.0 Å². The summed E-state index contributed by atoms with van der Waals surface area (Å²) in [4.78, 5) is 0.783. The summed E-state index contributed by atoms with van der Waals surface area (Å²) in [5.41, 5.74) is 5.37. The second-order valence-corrected chi connectivity index (χ2v) is 5.32. The van der Waals surface area contributed by atoms with Gasteiger partial charge >= 0.3 is 0 Å². The first-order valence-electron chi connectivity index (χ1n) is 6.03. The maximum atomic E-state index is 13.7. The van der Waals surface area contributed by atoms with Gasteiger partial charge in [-0.05, 0) is 42.5 Å². The maximum Gasteiger partial charge on any atom is 0.190 e. The molecule has 1 heterocycles. The lowest BCUT2D eigenvalue weighted by molar-refractivity contribution is 0.186. The topological polar surface area (TPSA) is 83.2 Å². The highest BCUT2D eigenvalue weighted by molar-refractivity contribution is 7.97. The van der Waals surface area contributed by atoms with Crippen molar-refractivity contribution in [3.05, 3.63) is 24.0 Å². The Morgan fingerprint density at radius 2 is 2.42 bits per heavy atom. The number of anilines is 1. The molecule has 7 heteroatoms. The minimum atomic E-state index is -0.425. The van der Waals surface area contributed by atoms with Gasteiger partial charge in [0.1, 0.15) is 5.82 Å². The molecular weight excluding hydrogens is 267 g/mol. The molecule has 0 saturated carbocycles. The Hall–Kier alpha value is -1.31. The quantitative estimate of drug-likeness (QED) is 0.376. The van der Waals surface area contributed by atoms with Gasteiger partial charge in [0.15, 0.2) is 5.96 Å². The SMILES string of the molecule is N=C(N)Nc1ccc(SNCC2CCOC2)cc1F. The highest BCUT2D eigenvalue weighted by Crippen LogP contribution is 2.22. The van der Waals surface area contributed by atoms with Crippen LogP contribution in [-0.2, 0) is 4.74 Å². The zero-order chi connectivity index (χ0) is 13.7. The van der Waals surface area contributed by atoms with Crippen LogP contribution in [0, 0.1) is 17.1 Å². The van der Waals surface area contributed by atoms with E-state index in [9.17, 15) is 4.39 Å². The second-order valence-electron chi connectivity index (χ2n) is 4.36. The molecule has 19 heavy (non-hydrogen) atoms. The maximum absolute atomic E-state index is 13.7. The molecule has 0 amide bonds. The second kappa shape index (κ2) is 6.74. The van der Waals surface area contributed by atoms with Gasteiger partial charge in [-0.25, -0.2) is 4.39 Å². The fraction of sp³-hybridized carbons (Fsp3) is 0.417. The van der Waals surface area contributed by atoms with E-state index in [2.05, 4.69) is 10.0 Å². The molecule has 1 aromatic carbocycles. The van der Waals surface area contributed by atoms with Gasteiger partial charge in [-0.3, -0.25) is 10.1 Å². The molecule has 1 aromatic rings. The lowest BCUT2D eigenvalue weighted by Crippen LogP contribution is -2.21. The Morgan fingerprint density at radius 1 is 1.58 bits per heavy atom. The van der Waals surface area contributed by atoms with Crippen molar-refractivity contribution < 1.29 is 9.13 Å². The molecule has 0 aromatic heterocycles. The zero-order valence-corrected chi connectivity index (χ0v) is 11.2. The zero-order valence-electron chi connectivity index (χ0n) is 10.4. The van der Waals surface area contributed by atoms with Gasteiger partial charge in [0, 0.05) is 18.0 Å². The summed E-state index contributed by atoms with van der Waals surface area (Å²) in [5, 5.41) is 9.50. The monoisotopic (exact) mass is 284 g/mol. The van der Waals surface area contributed by atoms with Crippen LogP contribution in [0.5, 0.6) is 0 Å². The average molecular weight is 284 g/mol. The van der Waals surface area contributed by atoms with Crippen LogP contribution in [0.2, 0.25) is 0 Å². The van der Waals surface area contributed by atoms with Gasteiger partial charge in [-0.15, -0.1) is 0 Å². The molecule has 1 fully saturated rings. The first-order valence-corrected chi connectivity index (χ1v) is 6.85. The van der Waals surface area contributed by atoms with E-state index in [0.717, 1.165) is 31.1 Å². The van der Waals surface area contributed by atoms with Crippen LogP contribution < -0.4 is 15.8 Å². The smallest absolute Gasteiger partial charge is 0.190 e. The number of nitrogens with one attached hydrogen (secondary N) is 3. The number of hydrogen-bond donors (Lipinski definition) is 4. The van der Waals surface area contributed by atoms with Crippen molar-refractivity contribution in [2.45, 2.75) is 11.3 Å². The Morgan fingerprint density at radius 3 is 3.05 bits per heavy atom.